The molecule has 0 atom stereocenters. The highest BCUT2D eigenvalue weighted by Gasteiger charge is 2.06. The molecule has 0 heterocycles. The van der Waals surface area contributed by atoms with E-state index in [0.29, 0.717) is 10.6 Å². The Balaban J connectivity index is 2.40. The summed E-state index contributed by atoms with van der Waals surface area (Å²) < 4.78 is 9.71. The van der Waals surface area contributed by atoms with Crippen LogP contribution in [0.3, 0.4) is 0 Å². The summed E-state index contributed by atoms with van der Waals surface area (Å²) in [5.74, 6) is -0.421. The molecule has 0 aliphatic rings. The second-order valence-corrected chi connectivity index (χ2v) is 3.32. The summed E-state index contributed by atoms with van der Waals surface area (Å²) >= 11 is 11.0. The van der Waals surface area contributed by atoms with E-state index in [0.717, 1.165) is 0 Å². The van der Waals surface area contributed by atoms with Gasteiger partial charge in [-0.1, -0.05) is 29.3 Å². The van der Waals surface area contributed by atoms with Crippen LogP contribution in [-0.2, 0) is 9.47 Å². The summed E-state index contributed by atoms with van der Waals surface area (Å²) in [4.78, 5) is 11.4. The first-order valence-electron chi connectivity index (χ1n) is 4.30. The second kappa shape index (κ2) is 6.67. The monoisotopic (exact) mass is 248 g/mol. The van der Waals surface area contributed by atoms with Gasteiger partial charge in [0, 0.05) is 5.02 Å². The van der Waals surface area contributed by atoms with Gasteiger partial charge in [0.15, 0.2) is 0 Å². The molecule has 3 nitrogen and oxygen atoms in total. The number of halogens is 2. The number of benzene rings is 1. The number of carbonyl (C=O) groups is 1. The van der Waals surface area contributed by atoms with Crippen molar-refractivity contribution < 1.29 is 14.3 Å². The van der Waals surface area contributed by atoms with E-state index in [2.05, 4.69) is 0 Å². The van der Waals surface area contributed by atoms with Crippen LogP contribution in [0.5, 0.6) is 0 Å². The number of alkyl halides is 1. The molecule has 1 rings (SSSR count). The van der Waals surface area contributed by atoms with Crippen LogP contribution >= 0.6 is 23.2 Å². The van der Waals surface area contributed by atoms with Gasteiger partial charge in [-0.25, -0.2) is 4.79 Å². The average Bonchev–Trinajstić information content (AvgIpc) is 2.24. The lowest BCUT2D eigenvalue weighted by molar-refractivity contribution is 0.0371. The molecule has 82 valence electrons. The van der Waals surface area contributed by atoms with Crippen LogP contribution in [0.4, 0.5) is 0 Å². The van der Waals surface area contributed by atoms with Crippen molar-refractivity contribution in [3.05, 3.63) is 34.9 Å². The van der Waals surface area contributed by atoms with E-state index in [9.17, 15) is 4.79 Å². The summed E-state index contributed by atoms with van der Waals surface area (Å²) in [6, 6.07) is 6.65. The number of hydrogen-bond acceptors (Lipinski definition) is 3. The molecule has 0 spiro atoms. The molecule has 1 aromatic carbocycles. The number of esters is 1. The largest absolute Gasteiger partial charge is 0.460 e. The van der Waals surface area contributed by atoms with Gasteiger partial charge in [-0.2, -0.15) is 0 Å². The summed E-state index contributed by atoms with van der Waals surface area (Å²) in [6.07, 6.45) is 0. The first-order chi connectivity index (χ1) is 7.24. The molecule has 0 N–H and O–H groups in total. The maximum atomic E-state index is 11.4. The van der Waals surface area contributed by atoms with Gasteiger partial charge in [-0.15, -0.1) is 0 Å². The highest BCUT2D eigenvalue weighted by Crippen LogP contribution is 2.11. The summed E-state index contributed by atoms with van der Waals surface area (Å²) in [5, 5.41) is 0.501. The molecule has 0 saturated heterocycles. The average molecular weight is 249 g/mol. The van der Waals surface area contributed by atoms with Crippen molar-refractivity contribution in [3.8, 4) is 0 Å². The summed E-state index contributed by atoms with van der Waals surface area (Å²) in [7, 11) is 0. The zero-order valence-electron chi connectivity index (χ0n) is 7.91. The third-order valence-corrected chi connectivity index (χ3v) is 1.99. The predicted molar refractivity (Wildman–Crippen MR) is 58.4 cm³/mol. The maximum Gasteiger partial charge on any atom is 0.338 e. The van der Waals surface area contributed by atoms with E-state index in [1.54, 1.807) is 24.3 Å². The minimum absolute atomic E-state index is 0.0920. The van der Waals surface area contributed by atoms with E-state index >= 15 is 0 Å². The van der Waals surface area contributed by atoms with E-state index in [-0.39, 0.29) is 19.3 Å². The molecule has 0 fully saturated rings. The van der Waals surface area contributed by atoms with Crippen LogP contribution in [-0.4, -0.2) is 25.2 Å². The van der Waals surface area contributed by atoms with Crippen LogP contribution in [0.25, 0.3) is 0 Å². The molecule has 15 heavy (non-hydrogen) atoms. The van der Waals surface area contributed by atoms with Crippen molar-refractivity contribution in [1.29, 1.82) is 0 Å². The van der Waals surface area contributed by atoms with Gasteiger partial charge in [0.2, 0.25) is 0 Å². The van der Waals surface area contributed by atoms with E-state index in [1.165, 1.54) is 0 Å². The Morgan fingerprint density at radius 1 is 1.33 bits per heavy atom. The highest BCUT2D eigenvalue weighted by molar-refractivity contribution is 6.30. The Morgan fingerprint density at radius 2 is 2.13 bits per heavy atom. The van der Waals surface area contributed by atoms with Crippen LogP contribution in [0.1, 0.15) is 10.4 Å². The number of rotatable bonds is 5. The van der Waals surface area contributed by atoms with Gasteiger partial charge in [0.05, 0.1) is 12.2 Å². The minimum Gasteiger partial charge on any atom is -0.460 e. The van der Waals surface area contributed by atoms with Crippen molar-refractivity contribution in [1.82, 2.24) is 0 Å². The van der Waals surface area contributed by atoms with Crippen molar-refractivity contribution in [3.63, 3.8) is 0 Å². The SMILES string of the molecule is O=C(OCCOCCl)c1cccc(Cl)c1. The van der Waals surface area contributed by atoms with Crippen molar-refractivity contribution in [2.45, 2.75) is 0 Å². The molecule has 0 amide bonds. The third kappa shape index (κ3) is 4.51. The first kappa shape index (κ1) is 12.3. The first-order valence-corrected chi connectivity index (χ1v) is 5.21. The zero-order chi connectivity index (χ0) is 11.1. The molecule has 0 aliphatic carbocycles. The van der Waals surface area contributed by atoms with Crippen LogP contribution in [0.2, 0.25) is 5.02 Å². The quantitative estimate of drug-likeness (QED) is 0.457. The second-order valence-electron chi connectivity index (χ2n) is 2.66. The number of ether oxygens (including phenoxy) is 2. The molecule has 0 saturated carbocycles. The van der Waals surface area contributed by atoms with Crippen molar-refractivity contribution in [2.24, 2.45) is 0 Å². The number of carbonyl (C=O) groups excluding carboxylic acids is 1. The lowest BCUT2D eigenvalue weighted by atomic mass is 10.2. The van der Waals surface area contributed by atoms with Crippen LogP contribution < -0.4 is 0 Å². The van der Waals surface area contributed by atoms with Gasteiger partial charge in [-0.05, 0) is 18.2 Å². The standard InChI is InChI=1S/C10H10Cl2O3/c11-7-14-4-5-15-10(13)8-2-1-3-9(12)6-8/h1-3,6H,4-5,7H2. The fourth-order valence-electron chi connectivity index (χ4n) is 0.947. The predicted octanol–water partition coefficient (Wildman–Crippen LogP) is 2.71. The zero-order valence-corrected chi connectivity index (χ0v) is 9.42. The van der Waals surface area contributed by atoms with Gasteiger partial charge in [0.25, 0.3) is 0 Å². The van der Waals surface area contributed by atoms with Crippen molar-refractivity contribution >= 4 is 29.2 Å². The lowest BCUT2D eigenvalue weighted by Crippen LogP contribution is -2.10. The Bertz CT molecular complexity index is 328. The van der Waals surface area contributed by atoms with Gasteiger partial charge in [0.1, 0.15) is 12.7 Å². The number of hydrogen-bond donors (Lipinski definition) is 0. The lowest BCUT2D eigenvalue weighted by Gasteiger charge is -2.04. The van der Waals surface area contributed by atoms with E-state index in [1.807, 2.05) is 0 Å². The molecule has 5 heteroatoms. The van der Waals surface area contributed by atoms with Crippen molar-refractivity contribution in [2.75, 3.05) is 19.3 Å². The molecule has 1 aromatic rings. The molecular weight excluding hydrogens is 239 g/mol. The van der Waals surface area contributed by atoms with E-state index in [4.69, 9.17) is 32.7 Å². The van der Waals surface area contributed by atoms with Gasteiger partial charge < -0.3 is 9.47 Å². The van der Waals surface area contributed by atoms with Crippen LogP contribution in [0.15, 0.2) is 24.3 Å². The molecule has 0 bridgehead atoms. The smallest absolute Gasteiger partial charge is 0.338 e. The highest BCUT2D eigenvalue weighted by atomic mass is 35.5. The molecule has 0 aromatic heterocycles. The fourth-order valence-corrected chi connectivity index (χ4v) is 1.25. The Kier molecular flexibility index (Phi) is 5.47. The maximum absolute atomic E-state index is 11.4. The summed E-state index contributed by atoms with van der Waals surface area (Å²) in [6.45, 7) is 0.466. The van der Waals surface area contributed by atoms with E-state index < -0.39 is 5.97 Å². The normalized spacial score (nSPS) is 10.0. The fraction of sp³-hybridized carbons (Fsp3) is 0.300. The Hall–Kier alpha value is -0.770. The van der Waals surface area contributed by atoms with Crippen LogP contribution in [0, 0.1) is 0 Å². The molecule has 0 unspecified atom stereocenters. The molecular formula is C10H10Cl2O3. The minimum atomic E-state index is -0.421. The Labute approximate surface area is 97.9 Å². The Morgan fingerprint density at radius 3 is 2.80 bits per heavy atom. The topological polar surface area (TPSA) is 35.5 Å². The molecule has 0 radical (unpaired) electrons. The van der Waals surface area contributed by atoms with Gasteiger partial charge >= 0.3 is 5.97 Å². The third-order valence-electron chi connectivity index (χ3n) is 1.60. The van der Waals surface area contributed by atoms with Gasteiger partial charge in [-0.3, -0.25) is 0 Å². The molecule has 0 aliphatic heterocycles. The summed E-state index contributed by atoms with van der Waals surface area (Å²) in [5.41, 5.74) is 0.424.